The Kier molecular flexibility index (Phi) is 10.8. The largest absolute Gasteiger partial charge is 0.467 e. The van der Waals surface area contributed by atoms with Crippen molar-refractivity contribution in [2.75, 3.05) is 10.6 Å². The van der Waals surface area contributed by atoms with E-state index < -0.39 is 53.2 Å². The van der Waals surface area contributed by atoms with Crippen molar-refractivity contribution in [2.24, 2.45) is 0 Å². The first kappa shape index (κ1) is 40.0. The van der Waals surface area contributed by atoms with Gasteiger partial charge in [-0.2, -0.15) is 0 Å². The van der Waals surface area contributed by atoms with Crippen LogP contribution in [0.2, 0.25) is 10.0 Å². The summed E-state index contributed by atoms with van der Waals surface area (Å²) < 4.78 is 67.8. The molecule has 4 aromatic carbocycles. The van der Waals surface area contributed by atoms with Crippen molar-refractivity contribution in [2.45, 2.75) is 57.2 Å². The molecular formula is C40H32Cl2N4O8S4. The smallest absolute Gasteiger partial charge is 0.280 e. The first-order valence-corrected chi connectivity index (χ1v) is 23.4. The van der Waals surface area contributed by atoms with E-state index in [2.05, 4.69) is 20.6 Å². The number of hydrogen-bond donors (Lipinski definition) is 2. The molecule has 2 heterocycles. The molecule has 0 aliphatic heterocycles. The molecule has 18 heteroatoms. The molecule has 2 unspecified atom stereocenters. The van der Waals surface area contributed by atoms with Crippen molar-refractivity contribution in [3.05, 3.63) is 141 Å². The van der Waals surface area contributed by atoms with E-state index in [0.29, 0.717) is 35.7 Å². The van der Waals surface area contributed by atoms with E-state index in [0.717, 1.165) is 22.7 Å². The quantitative estimate of drug-likeness (QED) is 0.102. The molecule has 0 spiro atoms. The van der Waals surface area contributed by atoms with Crippen molar-refractivity contribution < 1.29 is 35.9 Å². The zero-order chi connectivity index (χ0) is 40.7. The second kappa shape index (κ2) is 15.7. The number of anilines is 2. The number of ether oxygens (including phenoxy) is 2. The number of halogens is 2. The third kappa shape index (κ3) is 7.60. The fourth-order valence-electron chi connectivity index (χ4n) is 6.54. The molecule has 2 aliphatic carbocycles. The minimum Gasteiger partial charge on any atom is -0.467 e. The van der Waals surface area contributed by atoms with Crippen LogP contribution in [0.3, 0.4) is 0 Å². The van der Waals surface area contributed by atoms with Gasteiger partial charge in [-0.1, -0.05) is 47.5 Å². The highest BCUT2D eigenvalue weighted by Gasteiger charge is 2.69. The first-order chi connectivity index (χ1) is 27.8. The van der Waals surface area contributed by atoms with Gasteiger partial charge in [0.2, 0.25) is 0 Å². The van der Waals surface area contributed by atoms with Crippen LogP contribution >= 0.6 is 45.9 Å². The van der Waals surface area contributed by atoms with E-state index in [1.54, 1.807) is 10.8 Å². The van der Waals surface area contributed by atoms with Gasteiger partial charge in [0, 0.05) is 44.3 Å². The molecular weight excluding hydrogens is 864 g/mol. The standard InChI is InChI=1S/C40H32Cl2N4O8S4/c41-27-5-9-29(10-6-27)53-39(35(47)45-37-43-21-23-55-37,25-1-13-31(14-2-25)57(49,50)33-17-18-33)40(36(48)46-38-44-22-24-56-38,54-30-11-7-28(42)8-12-30)26-3-15-32(16-4-26)58(51,52)34-19-20-34/h1-16,21-24,33-34H,17-20H2,(H,43,45,47)(H,44,46,48). The van der Waals surface area contributed by atoms with Crippen LogP contribution in [0.5, 0.6) is 11.5 Å². The monoisotopic (exact) mass is 894 g/mol. The van der Waals surface area contributed by atoms with Crippen molar-refractivity contribution in [1.29, 1.82) is 0 Å². The molecule has 2 fully saturated rings. The van der Waals surface area contributed by atoms with Crippen LogP contribution in [-0.4, -0.2) is 49.1 Å². The van der Waals surface area contributed by atoms with Crippen molar-refractivity contribution in [3.63, 3.8) is 0 Å². The van der Waals surface area contributed by atoms with Crippen LogP contribution in [0, 0.1) is 0 Å². The van der Waals surface area contributed by atoms with E-state index in [-0.39, 0.29) is 42.7 Å². The van der Waals surface area contributed by atoms with Gasteiger partial charge in [0.25, 0.3) is 23.0 Å². The van der Waals surface area contributed by atoms with Gasteiger partial charge in [-0.25, -0.2) is 26.8 Å². The number of aromatic nitrogens is 2. The highest BCUT2D eigenvalue weighted by Crippen LogP contribution is 2.50. The first-order valence-electron chi connectivity index (χ1n) is 17.8. The Hall–Kier alpha value is -4.84. The molecule has 2 atom stereocenters. The van der Waals surface area contributed by atoms with E-state index >= 15 is 9.59 Å². The summed E-state index contributed by atoms with van der Waals surface area (Å²) in [5, 5.41) is 8.79. The van der Waals surface area contributed by atoms with Crippen LogP contribution in [0.15, 0.2) is 130 Å². The lowest BCUT2D eigenvalue weighted by atomic mass is 9.71. The number of rotatable bonds is 15. The number of nitrogens with zero attached hydrogens (tertiary/aromatic N) is 2. The number of nitrogens with one attached hydrogen (secondary N) is 2. The summed E-state index contributed by atoms with van der Waals surface area (Å²) >= 11 is 14.8. The molecule has 12 nitrogen and oxygen atoms in total. The van der Waals surface area contributed by atoms with Gasteiger partial charge in [0.15, 0.2) is 29.9 Å². The molecule has 0 saturated heterocycles. The summed E-state index contributed by atoms with van der Waals surface area (Å²) in [6.07, 6.45) is 5.03. The molecule has 2 aromatic heterocycles. The second-order valence-corrected chi connectivity index (χ2v) is 20.7. The van der Waals surface area contributed by atoms with Crippen molar-refractivity contribution in [1.82, 2.24) is 9.97 Å². The predicted octanol–water partition coefficient (Wildman–Crippen LogP) is 8.30. The molecule has 2 N–H and O–H groups in total. The number of hydrogen-bond acceptors (Lipinski definition) is 12. The molecule has 2 aliphatic rings. The summed E-state index contributed by atoms with van der Waals surface area (Å²) in [5.41, 5.74) is -5.37. The fraction of sp³-hybridized carbons (Fsp3) is 0.200. The van der Waals surface area contributed by atoms with Gasteiger partial charge in [0.05, 0.1) is 20.3 Å². The predicted molar refractivity (Wildman–Crippen MR) is 222 cm³/mol. The summed E-state index contributed by atoms with van der Waals surface area (Å²) in [7, 11) is -7.43. The fourth-order valence-corrected chi connectivity index (χ4v) is 11.2. The van der Waals surface area contributed by atoms with Crippen LogP contribution < -0.4 is 20.1 Å². The summed E-state index contributed by atoms with van der Waals surface area (Å²) in [4.78, 5) is 39.9. The van der Waals surface area contributed by atoms with Crippen LogP contribution in [0.4, 0.5) is 10.3 Å². The molecule has 2 amide bonds. The highest BCUT2D eigenvalue weighted by atomic mass is 35.5. The lowest BCUT2D eigenvalue weighted by molar-refractivity contribution is -0.172. The lowest BCUT2D eigenvalue weighted by Crippen LogP contribution is -2.67. The number of amides is 2. The Labute approximate surface area is 352 Å². The zero-order valence-corrected chi connectivity index (χ0v) is 34.9. The van der Waals surface area contributed by atoms with Crippen molar-refractivity contribution >= 4 is 87.6 Å². The van der Waals surface area contributed by atoms with E-state index in [9.17, 15) is 16.8 Å². The minimum atomic E-state index is -3.72. The maximum absolute atomic E-state index is 15.7. The van der Waals surface area contributed by atoms with Gasteiger partial charge in [-0.15, -0.1) is 22.7 Å². The Morgan fingerprint density at radius 3 is 1.21 bits per heavy atom. The van der Waals surface area contributed by atoms with Gasteiger partial charge in [0.1, 0.15) is 11.5 Å². The van der Waals surface area contributed by atoms with E-state index in [4.69, 9.17) is 32.7 Å². The highest BCUT2D eigenvalue weighted by molar-refractivity contribution is 7.92. The molecule has 0 radical (unpaired) electrons. The number of thiazole rings is 2. The Morgan fingerprint density at radius 2 is 0.914 bits per heavy atom. The van der Waals surface area contributed by atoms with Crippen LogP contribution in [0.1, 0.15) is 36.8 Å². The molecule has 8 rings (SSSR count). The van der Waals surface area contributed by atoms with E-state index in [1.807, 2.05) is 0 Å². The minimum absolute atomic E-state index is 0.00515. The summed E-state index contributed by atoms with van der Waals surface area (Å²) in [5.74, 6) is -1.83. The third-order valence-corrected chi connectivity index (χ3v) is 16.2. The van der Waals surface area contributed by atoms with E-state index in [1.165, 1.54) is 109 Å². The number of benzene rings is 4. The van der Waals surface area contributed by atoms with Gasteiger partial charge in [-0.05, 0) is 98.5 Å². The van der Waals surface area contributed by atoms with Gasteiger partial charge >= 0.3 is 0 Å². The van der Waals surface area contributed by atoms with Gasteiger partial charge in [-0.3, -0.25) is 20.2 Å². The maximum atomic E-state index is 15.7. The van der Waals surface area contributed by atoms with Crippen LogP contribution in [-0.2, 0) is 40.5 Å². The topological polar surface area (TPSA) is 171 Å². The third-order valence-electron chi connectivity index (χ3n) is 9.72. The molecule has 298 valence electrons. The number of carbonyl (C=O) groups excluding carboxylic acids is 2. The Morgan fingerprint density at radius 1 is 0.569 bits per heavy atom. The average molecular weight is 896 g/mol. The van der Waals surface area contributed by atoms with Gasteiger partial charge < -0.3 is 9.47 Å². The van der Waals surface area contributed by atoms with Crippen molar-refractivity contribution in [3.8, 4) is 11.5 Å². The lowest BCUT2D eigenvalue weighted by Gasteiger charge is -2.47. The number of carbonyl (C=O) groups is 2. The summed E-state index contributed by atoms with van der Waals surface area (Å²) in [6.45, 7) is 0. The average Bonchev–Trinajstić information content (AvgIpc) is 4.16. The second-order valence-electron chi connectivity index (χ2n) is 13.6. The number of sulfone groups is 2. The van der Waals surface area contributed by atoms with Crippen LogP contribution in [0.25, 0.3) is 0 Å². The summed E-state index contributed by atoms with van der Waals surface area (Å²) in [6, 6.07) is 23.1. The maximum Gasteiger partial charge on any atom is 0.280 e. The molecule has 58 heavy (non-hydrogen) atoms. The molecule has 2 saturated carbocycles. The molecule has 6 aromatic rings. The Bertz CT molecular complexity index is 2470. The Balaban J connectivity index is 1.47. The molecule has 0 bridgehead atoms. The SMILES string of the molecule is O=C(Nc1nccs1)C(Oc1ccc(Cl)cc1)(c1ccc(S(=O)(=O)C2CC2)cc1)C(Oc1ccc(Cl)cc1)(C(=O)Nc1nccs1)c1ccc(S(=O)(=O)C2CC2)cc1. The zero-order valence-electron chi connectivity index (χ0n) is 30.1. The normalized spacial score (nSPS) is 16.4.